The van der Waals surface area contributed by atoms with Crippen molar-refractivity contribution < 1.29 is 9.90 Å². The Labute approximate surface area is 91.4 Å². The van der Waals surface area contributed by atoms with E-state index in [9.17, 15) is 9.90 Å². The molecule has 0 aromatic heterocycles. The van der Waals surface area contributed by atoms with Gasteiger partial charge in [-0.15, -0.1) is 0 Å². The van der Waals surface area contributed by atoms with Crippen LogP contribution in [0, 0.1) is 5.92 Å². The van der Waals surface area contributed by atoms with E-state index in [-0.39, 0.29) is 17.9 Å². The fourth-order valence-corrected chi connectivity index (χ4v) is 2.00. The fourth-order valence-electron chi connectivity index (χ4n) is 2.00. The topological polar surface area (TPSA) is 61.4 Å². The number of hydrogen-bond donors (Lipinski definition) is 3. The largest absolute Gasteiger partial charge is 0.393 e. The van der Waals surface area contributed by atoms with Crippen LogP contribution in [0.5, 0.6) is 0 Å². The molecule has 1 fully saturated rings. The summed E-state index contributed by atoms with van der Waals surface area (Å²) in [5.41, 5.74) is 0. The number of carbonyl (C=O) groups is 1. The van der Waals surface area contributed by atoms with Gasteiger partial charge in [0.1, 0.15) is 0 Å². The fraction of sp³-hybridized carbons (Fsp3) is 0.909. The Morgan fingerprint density at radius 3 is 2.80 bits per heavy atom. The molecule has 3 N–H and O–H groups in total. The van der Waals surface area contributed by atoms with E-state index >= 15 is 0 Å². The van der Waals surface area contributed by atoms with Crippen LogP contribution in [-0.2, 0) is 4.79 Å². The summed E-state index contributed by atoms with van der Waals surface area (Å²) in [6.07, 6.45) is 4.51. The van der Waals surface area contributed by atoms with Crippen LogP contribution >= 0.6 is 0 Å². The molecule has 1 aliphatic rings. The van der Waals surface area contributed by atoms with Crippen LogP contribution in [0.4, 0.5) is 0 Å². The number of nitrogens with one attached hydrogen (secondary N) is 2. The van der Waals surface area contributed by atoms with Crippen molar-refractivity contribution in [1.29, 1.82) is 0 Å². The van der Waals surface area contributed by atoms with Crippen LogP contribution in [0.25, 0.3) is 0 Å². The molecule has 4 heteroatoms. The summed E-state index contributed by atoms with van der Waals surface area (Å²) in [5, 5.41) is 15.5. The predicted octanol–water partition coefficient (Wildman–Crippen LogP) is 0.263. The number of hydrogen-bond acceptors (Lipinski definition) is 3. The minimum absolute atomic E-state index is 0.0714. The summed E-state index contributed by atoms with van der Waals surface area (Å²) in [5.74, 6) is 0.333. The van der Waals surface area contributed by atoms with E-state index in [1.807, 2.05) is 7.05 Å². The molecule has 1 amide bonds. The van der Waals surface area contributed by atoms with Gasteiger partial charge in [-0.25, -0.2) is 0 Å². The van der Waals surface area contributed by atoms with Crippen LogP contribution < -0.4 is 10.6 Å². The Morgan fingerprint density at radius 2 is 2.13 bits per heavy atom. The number of carbonyl (C=O) groups excluding carboxylic acids is 1. The smallest absolute Gasteiger partial charge is 0.221 e. The molecule has 0 heterocycles. The second-order valence-corrected chi connectivity index (χ2v) is 4.27. The maximum atomic E-state index is 11.3. The SMILES string of the molecule is CNCCC(=O)NCC1CCCCC1O. The molecule has 0 bridgehead atoms. The van der Waals surface area contributed by atoms with Crippen LogP contribution in [0.1, 0.15) is 32.1 Å². The van der Waals surface area contributed by atoms with Crippen molar-refractivity contribution in [3.05, 3.63) is 0 Å². The van der Waals surface area contributed by atoms with Crippen molar-refractivity contribution in [3.8, 4) is 0 Å². The molecule has 4 nitrogen and oxygen atoms in total. The van der Waals surface area contributed by atoms with Gasteiger partial charge in [-0.2, -0.15) is 0 Å². The molecular weight excluding hydrogens is 192 g/mol. The minimum Gasteiger partial charge on any atom is -0.393 e. The Kier molecular flexibility index (Phi) is 5.65. The zero-order valence-corrected chi connectivity index (χ0v) is 9.46. The average Bonchev–Trinajstić information content (AvgIpc) is 2.25. The lowest BCUT2D eigenvalue weighted by molar-refractivity contribution is -0.121. The van der Waals surface area contributed by atoms with Gasteiger partial charge in [0.2, 0.25) is 5.91 Å². The quantitative estimate of drug-likeness (QED) is 0.615. The molecule has 88 valence electrons. The normalized spacial score (nSPS) is 26.3. The van der Waals surface area contributed by atoms with Gasteiger partial charge in [0.15, 0.2) is 0 Å². The Balaban J connectivity index is 2.14. The third-order valence-electron chi connectivity index (χ3n) is 3.03. The van der Waals surface area contributed by atoms with Crippen LogP contribution in [0.3, 0.4) is 0 Å². The second-order valence-electron chi connectivity index (χ2n) is 4.27. The lowest BCUT2D eigenvalue weighted by atomic mass is 9.86. The first-order valence-electron chi connectivity index (χ1n) is 5.83. The van der Waals surface area contributed by atoms with Crippen molar-refractivity contribution in [2.45, 2.75) is 38.2 Å². The summed E-state index contributed by atoms with van der Waals surface area (Å²) in [6.45, 7) is 1.34. The van der Waals surface area contributed by atoms with Crippen molar-refractivity contribution in [1.82, 2.24) is 10.6 Å². The maximum absolute atomic E-state index is 11.3. The van der Waals surface area contributed by atoms with E-state index in [1.54, 1.807) is 0 Å². The van der Waals surface area contributed by atoms with E-state index in [0.717, 1.165) is 19.3 Å². The molecule has 0 aromatic carbocycles. The van der Waals surface area contributed by atoms with Gasteiger partial charge >= 0.3 is 0 Å². The monoisotopic (exact) mass is 214 g/mol. The van der Waals surface area contributed by atoms with E-state index in [0.29, 0.717) is 19.5 Å². The zero-order valence-electron chi connectivity index (χ0n) is 9.46. The second kappa shape index (κ2) is 6.80. The molecule has 1 rings (SSSR count). The summed E-state index contributed by atoms with van der Waals surface area (Å²) in [7, 11) is 1.83. The van der Waals surface area contributed by atoms with E-state index < -0.39 is 0 Å². The van der Waals surface area contributed by atoms with Crippen molar-refractivity contribution in [2.24, 2.45) is 5.92 Å². The lowest BCUT2D eigenvalue weighted by Crippen LogP contribution is -2.37. The van der Waals surface area contributed by atoms with E-state index in [2.05, 4.69) is 10.6 Å². The van der Waals surface area contributed by atoms with Gasteiger partial charge in [0, 0.05) is 25.4 Å². The van der Waals surface area contributed by atoms with E-state index in [1.165, 1.54) is 6.42 Å². The summed E-state index contributed by atoms with van der Waals surface area (Å²) in [4.78, 5) is 11.3. The first-order chi connectivity index (χ1) is 7.24. The van der Waals surface area contributed by atoms with Gasteiger partial charge in [-0.3, -0.25) is 4.79 Å². The minimum atomic E-state index is -0.219. The Bertz CT molecular complexity index is 197. The van der Waals surface area contributed by atoms with Crippen molar-refractivity contribution in [2.75, 3.05) is 20.1 Å². The molecule has 15 heavy (non-hydrogen) atoms. The number of rotatable bonds is 5. The van der Waals surface area contributed by atoms with Gasteiger partial charge in [-0.05, 0) is 19.9 Å². The highest BCUT2D eigenvalue weighted by atomic mass is 16.3. The number of aliphatic hydroxyl groups excluding tert-OH is 1. The third kappa shape index (κ3) is 4.62. The lowest BCUT2D eigenvalue weighted by Gasteiger charge is -2.27. The highest BCUT2D eigenvalue weighted by Crippen LogP contribution is 2.23. The third-order valence-corrected chi connectivity index (χ3v) is 3.03. The highest BCUT2D eigenvalue weighted by Gasteiger charge is 2.22. The molecule has 0 aromatic rings. The van der Waals surface area contributed by atoms with Crippen LogP contribution in [-0.4, -0.2) is 37.3 Å². The van der Waals surface area contributed by atoms with Crippen LogP contribution in [0.2, 0.25) is 0 Å². The average molecular weight is 214 g/mol. The summed E-state index contributed by atoms with van der Waals surface area (Å²) >= 11 is 0. The van der Waals surface area contributed by atoms with E-state index in [4.69, 9.17) is 0 Å². The van der Waals surface area contributed by atoms with Crippen molar-refractivity contribution in [3.63, 3.8) is 0 Å². The van der Waals surface area contributed by atoms with Gasteiger partial charge < -0.3 is 15.7 Å². The molecular formula is C11H22N2O2. The zero-order chi connectivity index (χ0) is 11.1. The predicted molar refractivity (Wildman–Crippen MR) is 59.5 cm³/mol. The molecule has 1 saturated carbocycles. The maximum Gasteiger partial charge on any atom is 0.221 e. The molecule has 0 radical (unpaired) electrons. The molecule has 2 unspecified atom stereocenters. The molecule has 0 saturated heterocycles. The first kappa shape index (κ1) is 12.5. The number of aliphatic hydroxyl groups is 1. The first-order valence-corrected chi connectivity index (χ1v) is 5.83. The summed E-state index contributed by atoms with van der Waals surface area (Å²) < 4.78 is 0. The highest BCUT2D eigenvalue weighted by molar-refractivity contribution is 5.76. The Morgan fingerprint density at radius 1 is 1.40 bits per heavy atom. The summed E-state index contributed by atoms with van der Waals surface area (Å²) in [6, 6.07) is 0. The standard InChI is InChI=1S/C11H22N2O2/c1-12-7-6-11(15)13-8-9-4-2-3-5-10(9)14/h9-10,12,14H,2-8H2,1H3,(H,13,15). The van der Waals surface area contributed by atoms with Crippen LogP contribution in [0.15, 0.2) is 0 Å². The van der Waals surface area contributed by atoms with Crippen molar-refractivity contribution >= 4 is 5.91 Å². The molecule has 0 spiro atoms. The molecule has 0 aliphatic heterocycles. The van der Waals surface area contributed by atoms with Gasteiger partial charge in [0.25, 0.3) is 0 Å². The number of amides is 1. The Hall–Kier alpha value is -0.610. The molecule has 2 atom stereocenters. The van der Waals surface area contributed by atoms with Gasteiger partial charge in [0.05, 0.1) is 6.10 Å². The molecule has 1 aliphatic carbocycles. The van der Waals surface area contributed by atoms with Gasteiger partial charge in [-0.1, -0.05) is 12.8 Å².